The van der Waals surface area contributed by atoms with Crippen molar-refractivity contribution in [3.8, 4) is 0 Å². The minimum absolute atomic E-state index is 0.293. The number of carbonyl (C=O) groups excluding carboxylic acids is 1. The van der Waals surface area contributed by atoms with Gasteiger partial charge in [-0.2, -0.15) is 0 Å². The van der Waals surface area contributed by atoms with Crippen LogP contribution in [0.15, 0.2) is 0 Å². The van der Waals surface area contributed by atoms with Crippen LogP contribution in [0, 0.1) is 5.92 Å². The molecule has 0 aromatic rings. The fraction of sp³-hybridized carbons (Fsp3) is 0.944. The van der Waals surface area contributed by atoms with E-state index in [9.17, 15) is 14.5 Å². The highest BCUT2D eigenvalue weighted by atomic mass is 31.2. The van der Waals surface area contributed by atoms with E-state index in [-0.39, 0.29) is 6.61 Å². The zero-order valence-corrected chi connectivity index (χ0v) is 17.2. The molecule has 0 radical (unpaired) electrons. The first-order valence-electron chi connectivity index (χ1n) is 9.74. The summed E-state index contributed by atoms with van der Waals surface area (Å²) in [6.45, 7) is 3.63. The fourth-order valence-electron chi connectivity index (χ4n) is 2.55. The van der Waals surface area contributed by atoms with Crippen molar-refractivity contribution in [2.45, 2.75) is 90.6 Å². The summed E-state index contributed by atoms with van der Waals surface area (Å²) in [6.07, 6.45) is 10.9. The van der Waals surface area contributed by atoms with Crippen LogP contribution < -0.4 is 0 Å². The van der Waals surface area contributed by atoms with Crippen LogP contribution in [0.3, 0.4) is 0 Å². The van der Waals surface area contributed by atoms with E-state index < -0.39 is 26.5 Å². The molecule has 8 heteroatoms. The van der Waals surface area contributed by atoms with Gasteiger partial charge in [0.05, 0.1) is 6.61 Å². The third-order valence-corrected chi connectivity index (χ3v) is 4.52. The number of phosphoric ester groups is 1. The van der Waals surface area contributed by atoms with Gasteiger partial charge < -0.3 is 19.6 Å². The lowest BCUT2D eigenvalue weighted by molar-refractivity contribution is -0.147. The zero-order valence-electron chi connectivity index (χ0n) is 16.3. The van der Waals surface area contributed by atoms with E-state index in [1.54, 1.807) is 0 Å². The van der Waals surface area contributed by atoms with Crippen LogP contribution in [0.1, 0.15) is 84.5 Å². The van der Waals surface area contributed by atoms with Crippen LogP contribution in [0.4, 0.5) is 0 Å². The van der Waals surface area contributed by atoms with Gasteiger partial charge in [0, 0.05) is 6.42 Å². The first kappa shape index (κ1) is 25.5. The molecular weight excluding hydrogens is 359 g/mol. The second kappa shape index (κ2) is 15.6. The fourth-order valence-corrected chi connectivity index (χ4v) is 2.92. The Bertz CT molecular complexity index is 395. The van der Waals surface area contributed by atoms with Gasteiger partial charge in [-0.1, -0.05) is 71.6 Å². The molecule has 0 aliphatic heterocycles. The summed E-state index contributed by atoms with van der Waals surface area (Å²) in [5, 5.41) is 9.39. The van der Waals surface area contributed by atoms with Crippen molar-refractivity contribution in [2.75, 3.05) is 13.2 Å². The van der Waals surface area contributed by atoms with E-state index >= 15 is 0 Å². The molecule has 3 N–H and O–H groups in total. The number of rotatable bonds is 17. The van der Waals surface area contributed by atoms with Gasteiger partial charge >= 0.3 is 13.8 Å². The van der Waals surface area contributed by atoms with Crippen LogP contribution in [-0.2, 0) is 18.6 Å². The highest BCUT2D eigenvalue weighted by Gasteiger charge is 2.17. The Balaban J connectivity index is 3.37. The highest BCUT2D eigenvalue weighted by molar-refractivity contribution is 7.46. The number of aliphatic hydroxyl groups is 1. The van der Waals surface area contributed by atoms with Crippen molar-refractivity contribution >= 4 is 13.8 Å². The Morgan fingerprint density at radius 3 is 1.88 bits per heavy atom. The summed E-state index contributed by atoms with van der Waals surface area (Å²) in [5.41, 5.74) is 0. The van der Waals surface area contributed by atoms with Crippen molar-refractivity contribution in [1.82, 2.24) is 0 Å². The van der Waals surface area contributed by atoms with Crippen molar-refractivity contribution in [2.24, 2.45) is 5.92 Å². The van der Waals surface area contributed by atoms with E-state index in [1.165, 1.54) is 44.9 Å². The van der Waals surface area contributed by atoms with Gasteiger partial charge in [-0.15, -0.1) is 0 Å². The smallest absolute Gasteiger partial charge is 0.463 e. The van der Waals surface area contributed by atoms with Gasteiger partial charge in [0.1, 0.15) is 12.7 Å². The Morgan fingerprint density at radius 1 is 0.885 bits per heavy atom. The minimum atomic E-state index is -4.61. The molecule has 0 heterocycles. The second-order valence-electron chi connectivity index (χ2n) is 7.24. The number of hydrogen-bond acceptors (Lipinski definition) is 5. The summed E-state index contributed by atoms with van der Waals surface area (Å²) < 4.78 is 19.4. The maximum Gasteiger partial charge on any atom is 0.469 e. The molecule has 156 valence electrons. The maximum absolute atomic E-state index is 11.5. The summed E-state index contributed by atoms with van der Waals surface area (Å²) in [6, 6.07) is 0. The molecule has 0 amide bonds. The molecule has 0 aromatic heterocycles. The van der Waals surface area contributed by atoms with E-state index in [1.807, 2.05) is 0 Å². The molecule has 0 fully saturated rings. The van der Waals surface area contributed by atoms with Crippen molar-refractivity contribution in [3.63, 3.8) is 0 Å². The van der Waals surface area contributed by atoms with Crippen LogP contribution >= 0.6 is 7.82 Å². The molecular formula is C18H37O7P. The molecule has 0 bridgehead atoms. The highest BCUT2D eigenvalue weighted by Crippen LogP contribution is 2.35. The molecule has 0 aliphatic carbocycles. The topological polar surface area (TPSA) is 113 Å². The minimum Gasteiger partial charge on any atom is -0.463 e. The molecule has 0 rings (SSSR count). The lowest BCUT2D eigenvalue weighted by atomic mass is 10.0. The summed E-state index contributed by atoms with van der Waals surface area (Å²) in [5.74, 6) is 0.392. The number of hydrogen-bond donors (Lipinski definition) is 3. The van der Waals surface area contributed by atoms with Crippen LogP contribution in [0.2, 0.25) is 0 Å². The van der Waals surface area contributed by atoms with Gasteiger partial charge in [0.2, 0.25) is 0 Å². The zero-order chi connectivity index (χ0) is 19.8. The molecule has 0 spiro atoms. The van der Waals surface area contributed by atoms with Gasteiger partial charge in [-0.05, 0) is 12.3 Å². The molecule has 0 aromatic carbocycles. The van der Waals surface area contributed by atoms with E-state index in [4.69, 9.17) is 14.5 Å². The third kappa shape index (κ3) is 19.9. The Labute approximate surface area is 157 Å². The monoisotopic (exact) mass is 396 g/mol. The first-order chi connectivity index (χ1) is 12.2. The van der Waals surface area contributed by atoms with E-state index in [0.29, 0.717) is 6.42 Å². The number of unbranched alkanes of at least 4 members (excludes halogenated alkanes) is 8. The Kier molecular flexibility index (Phi) is 15.3. The number of aliphatic hydroxyl groups excluding tert-OH is 1. The van der Waals surface area contributed by atoms with E-state index in [0.717, 1.165) is 25.2 Å². The summed E-state index contributed by atoms with van der Waals surface area (Å²) >= 11 is 0. The molecule has 1 atom stereocenters. The predicted molar refractivity (Wildman–Crippen MR) is 101 cm³/mol. The average Bonchev–Trinajstić information content (AvgIpc) is 2.55. The van der Waals surface area contributed by atoms with Gasteiger partial charge in [-0.25, -0.2) is 4.57 Å². The van der Waals surface area contributed by atoms with Crippen molar-refractivity contribution < 1.29 is 33.5 Å². The molecule has 0 saturated carbocycles. The lowest BCUT2D eigenvalue weighted by Crippen LogP contribution is -2.23. The Morgan fingerprint density at radius 2 is 1.38 bits per heavy atom. The molecule has 7 nitrogen and oxygen atoms in total. The quantitative estimate of drug-likeness (QED) is 0.194. The van der Waals surface area contributed by atoms with Gasteiger partial charge in [0.15, 0.2) is 0 Å². The largest absolute Gasteiger partial charge is 0.469 e. The maximum atomic E-state index is 11.5. The standard InChI is InChI=1S/C18H37O7P/c1-16(2)12-10-8-6-4-3-5-7-9-11-13-18(20)24-14-17(19)15-25-26(21,22)23/h16-17,19H,3-15H2,1-2H3,(H2,21,22,23). The normalized spacial score (nSPS) is 13.2. The third-order valence-electron chi connectivity index (χ3n) is 4.03. The SMILES string of the molecule is CC(C)CCCCCCCCCCCC(=O)OCC(O)COP(=O)(O)O. The molecule has 0 aliphatic rings. The lowest BCUT2D eigenvalue weighted by Gasteiger charge is -2.12. The number of carbonyl (C=O) groups is 1. The average molecular weight is 396 g/mol. The number of phosphoric acid groups is 1. The summed E-state index contributed by atoms with van der Waals surface area (Å²) in [7, 11) is -4.61. The molecule has 26 heavy (non-hydrogen) atoms. The van der Waals surface area contributed by atoms with Gasteiger partial charge in [-0.3, -0.25) is 9.32 Å². The van der Waals surface area contributed by atoms with Crippen molar-refractivity contribution in [3.05, 3.63) is 0 Å². The van der Waals surface area contributed by atoms with Crippen LogP contribution in [0.5, 0.6) is 0 Å². The van der Waals surface area contributed by atoms with Gasteiger partial charge in [0.25, 0.3) is 0 Å². The van der Waals surface area contributed by atoms with Crippen LogP contribution in [-0.4, -0.2) is 40.2 Å². The predicted octanol–water partition coefficient (Wildman–Crippen LogP) is 3.95. The number of esters is 1. The van der Waals surface area contributed by atoms with Crippen LogP contribution in [0.25, 0.3) is 0 Å². The number of ether oxygens (including phenoxy) is 1. The second-order valence-corrected chi connectivity index (χ2v) is 8.48. The Hall–Kier alpha value is -0.460. The van der Waals surface area contributed by atoms with Crippen molar-refractivity contribution in [1.29, 1.82) is 0 Å². The van der Waals surface area contributed by atoms with E-state index in [2.05, 4.69) is 18.4 Å². The molecule has 0 saturated heterocycles. The first-order valence-corrected chi connectivity index (χ1v) is 11.3. The summed E-state index contributed by atoms with van der Waals surface area (Å²) in [4.78, 5) is 28.5. The molecule has 1 unspecified atom stereocenters.